The van der Waals surface area contributed by atoms with Gasteiger partial charge in [-0.25, -0.2) is 0 Å². The number of para-hydroxylation sites is 1. The van der Waals surface area contributed by atoms with Crippen molar-refractivity contribution in [1.82, 2.24) is 4.98 Å². The zero-order chi connectivity index (χ0) is 23.4. The molecule has 9 rings (SSSR count). The Morgan fingerprint density at radius 2 is 1.67 bits per heavy atom. The van der Waals surface area contributed by atoms with Crippen LogP contribution in [-0.4, -0.2) is 11.0 Å². The van der Waals surface area contributed by atoms with Crippen molar-refractivity contribution in [3.8, 4) is 22.6 Å². The lowest BCUT2D eigenvalue weighted by Crippen LogP contribution is -2.31. The Morgan fingerprint density at radius 3 is 2.67 bits per heavy atom. The Labute approximate surface area is 207 Å². The van der Waals surface area contributed by atoms with Crippen molar-refractivity contribution in [3.63, 3.8) is 0 Å². The van der Waals surface area contributed by atoms with Crippen LogP contribution in [0.15, 0.2) is 102 Å². The summed E-state index contributed by atoms with van der Waals surface area (Å²) in [5.41, 5.74) is 10.5. The molecule has 0 saturated heterocycles. The number of hydrogen-bond acceptors (Lipinski definition) is 3. The number of aromatic amines is 1. The van der Waals surface area contributed by atoms with Gasteiger partial charge in [-0.15, -0.1) is 0 Å². The van der Waals surface area contributed by atoms with Crippen molar-refractivity contribution < 1.29 is 9.47 Å². The lowest BCUT2D eigenvalue weighted by molar-refractivity contribution is 0.380. The molecule has 4 nitrogen and oxygen atoms in total. The molecule has 4 heteroatoms. The van der Waals surface area contributed by atoms with E-state index in [9.17, 15) is 0 Å². The van der Waals surface area contributed by atoms with Crippen molar-refractivity contribution in [2.45, 2.75) is 12.5 Å². The molecule has 3 heterocycles. The van der Waals surface area contributed by atoms with E-state index in [-0.39, 0.29) is 6.04 Å². The molecular weight excluding hydrogens is 444 g/mol. The number of anilines is 1. The van der Waals surface area contributed by atoms with E-state index in [1.165, 1.54) is 27.6 Å². The highest BCUT2D eigenvalue weighted by molar-refractivity contribution is 6.12. The zero-order valence-corrected chi connectivity index (χ0v) is 19.3. The minimum absolute atomic E-state index is 0.0853. The van der Waals surface area contributed by atoms with Gasteiger partial charge < -0.3 is 19.8 Å². The molecule has 36 heavy (non-hydrogen) atoms. The molecule has 2 N–H and O–H groups in total. The van der Waals surface area contributed by atoms with Gasteiger partial charge in [0.1, 0.15) is 23.3 Å². The van der Waals surface area contributed by atoms with E-state index in [2.05, 4.69) is 101 Å². The monoisotopic (exact) mass is 464 g/mol. The molecule has 2 aliphatic heterocycles. The first-order valence-electron chi connectivity index (χ1n) is 12.4. The molecule has 0 radical (unpaired) electrons. The molecule has 0 spiro atoms. The molecule has 5 aromatic rings. The second-order valence-corrected chi connectivity index (χ2v) is 9.89. The maximum atomic E-state index is 6.64. The average molecular weight is 465 g/mol. The molecule has 0 amide bonds. The van der Waals surface area contributed by atoms with Crippen LogP contribution in [0, 0.1) is 0 Å². The number of rotatable bonds is 0. The Kier molecular flexibility index (Phi) is 3.36. The van der Waals surface area contributed by atoms with Gasteiger partial charge in [-0.05, 0) is 59.5 Å². The molecule has 1 unspecified atom stereocenters. The normalized spacial score (nSPS) is 18.2. The summed E-state index contributed by atoms with van der Waals surface area (Å²) in [6.07, 6.45) is 7.44. The van der Waals surface area contributed by atoms with E-state index in [4.69, 9.17) is 9.47 Å². The zero-order valence-electron chi connectivity index (χ0n) is 19.3. The minimum atomic E-state index is -0.0853. The molecule has 4 aliphatic rings. The van der Waals surface area contributed by atoms with Gasteiger partial charge in [0.15, 0.2) is 5.75 Å². The van der Waals surface area contributed by atoms with E-state index < -0.39 is 0 Å². The third-order valence-corrected chi connectivity index (χ3v) is 7.83. The van der Waals surface area contributed by atoms with Gasteiger partial charge in [0.25, 0.3) is 0 Å². The van der Waals surface area contributed by atoms with Crippen molar-refractivity contribution in [1.29, 1.82) is 0 Å². The predicted octanol–water partition coefficient (Wildman–Crippen LogP) is 7.32. The molecule has 0 fully saturated rings. The Morgan fingerprint density at radius 1 is 0.750 bits per heavy atom. The summed E-state index contributed by atoms with van der Waals surface area (Å²) in [5, 5.41) is 5.96. The summed E-state index contributed by atoms with van der Waals surface area (Å²) >= 11 is 0. The highest BCUT2D eigenvalue weighted by Gasteiger charge is 2.33. The standard InChI is InChI=1S/C32H20N2O2/c1-2-6-21-17(5-1)13-18-9-10-19-14-20-15-28-26(16-27(20)35-31(19)29(18)21)34-25-12-11-24-30(32(25)36-28)22-7-3-4-8-23(22)33-24/h1-12,14-16,26,33-34H,13H2. The first kappa shape index (κ1) is 18.6. The summed E-state index contributed by atoms with van der Waals surface area (Å²) in [5.74, 6) is 3.59. The number of aromatic nitrogens is 1. The largest absolute Gasteiger partial charge is 0.456 e. The van der Waals surface area contributed by atoms with E-state index in [0.29, 0.717) is 0 Å². The number of hydrogen-bond donors (Lipinski definition) is 2. The SMILES string of the molecule is C1=C2C=C3Oc4c(ccc5[nH]c6ccccc6c45)NC3C=C2Oc2c1ccc1c2-c2ccccc2C1. The topological polar surface area (TPSA) is 46.3 Å². The van der Waals surface area contributed by atoms with Gasteiger partial charge >= 0.3 is 0 Å². The van der Waals surface area contributed by atoms with E-state index in [1.807, 2.05) is 0 Å². The molecule has 4 aromatic carbocycles. The highest BCUT2D eigenvalue weighted by Crippen LogP contribution is 2.49. The molecule has 2 aliphatic carbocycles. The van der Waals surface area contributed by atoms with Crippen LogP contribution in [0.4, 0.5) is 5.69 Å². The van der Waals surface area contributed by atoms with Crippen LogP contribution in [0.3, 0.4) is 0 Å². The van der Waals surface area contributed by atoms with Crippen molar-refractivity contribution in [2.75, 3.05) is 5.32 Å². The number of fused-ring (bicyclic) bond motifs is 12. The highest BCUT2D eigenvalue weighted by atomic mass is 16.5. The van der Waals surface area contributed by atoms with Gasteiger partial charge in [0.2, 0.25) is 0 Å². The quantitative estimate of drug-likeness (QED) is 0.248. The van der Waals surface area contributed by atoms with Gasteiger partial charge in [-0.3, -0.25) is 0 Å². The first-order valence-corrected chi connectivity index (χ1v) is 12.4. The van der Waals surface area contributed by atoms with Crippen LogP contribution >= 0.6 is 0 Å². The fourth-order valence-electron chi connectivity index (χ4n) is 6.18. The molecule has 1 aromatic heterocycles. The van der Waals surface area contributed by atoms with Crippen LogP contribution in [0.5, 0.6) is 11.5 Å². The second kappa shape index (κ2) is 6.49. The smallest absolute Gasteiger partial charge is 0.160 e. The summed E-state index contributed by atoms with van der Waals surface area (Å²) in [6, 6.07) is 25.6. The van der Waals surface area contributed by atoms with Gasteiger partial charge in [-0.2, -0.15) is 0 Å². The van der Waals surface area contributed by atoms with Crippen molar-refractivity contribution >= 4 is 33.6 Å². The Balaban J connectivity index is 1.18. The number of benzene rings is 4. The van der Waals surface area contributed by atoms with E-state index in [1.54, 1.807) is 0 Å². The summed E-state index contributed by atoms with van der Waals surface area (Å²) in [6.45, 7) is 0. The third kappa shape index (κ3) is 2.38. The van der Waals surface area contributed by atoms with Gasteiger partial charge in [-0.1, -0.05) is 54.6 Å². The van der Waals surface area contributed by atoms with Crippen LogP contribution in [0.2, 0.25) is 0 Å². The van der Waals surface area contributed by atoms with Crippen LogP contribution in [0.1, 0.15) is 16.7 Å². The molecule has 0 bridgehead atoms. The van der Waals surface area contributed by atoms with Crippen LogP contribution in [-0.2, 0) is 6.42 Å². The van der Waals surface area contributed by atoms with Crippen molar-refractivity contribution in [3.05, 3.63) is 119 Å². The molecule has 1 atom stereocenters. The number of H-pyrrole nitrogens is 1. The van der Waals surface area contributed by atoms with Crippen molar-refractivity contribution in [2.24, 2.45) is 0 Å². The number of ether oxygens (including phenoxy) is 2. The summed E-state index contributed by atoms with van der Waals surface area (Å²) in [4.78, 5) is 3.51. The maximum Gasteiger partial charge on any atom is 0.160 e. The van der Waals surface area contributed by atoms with E-state index >= 15 is 0 Å². The van der Waals surface area contributed by atoms with Crippen LogP contribution < -0.4 is 14.8 Å². The third-order valence-electron chi connectivity index (χ3n) is 7.83. The fourth-order valence-corrected chi connectivity index (χ4v) is 6.18. The number of allylic oxidation sites excluding steroid dienone is 1. The maximum absolute atomic E-state index is 6.64. The Bertz CT molecular complexity index is 1900. The molecular formula is C32H20N2O2. The average Bonchev–Trinajstić information content (AvgIpc) is 3.48. The second-order valence-electron chi connectivity index (χ2n) is 9.89. The fraction of sp³-hybridized carbons (Fsp3) is 0.0625. The minimum Gasteiger partial charge on any atom is -0.456 e. The molecule has 0 saturated carbocycles. The number of nitrogens with one attached hydrogen (secondary N) is 2. The Hall–Kier alpha value is -4.70. The summed E-state index contributed by atoms with van der Waals surface area (Å²) < 4.78 is 13.2. The van der Waals surface area contributed by atoms with E-state index in [0.717, 1.165) is 62.7 Å². The first-order chi connectivity index (χ1) is 17.8. The predicted molar refractivity (Wildman–Crippen MR) is 143 cm³/mol. The van der Waals surface area contributed by atoms with Crippen LogP contribution in [0.25, 0.3) is 39.0 Å². The van der Waals surface area contributed by atoms with Gasteiger partial charge in [0, 0.05) is 27.6 Å². The van der Waals surface area contributed by atoms with Gasteiger partial charge in [0.05, 0.1) is 16.6 Å². The summed E-state index contributed by atoms with van der Waals surface area (Å²) in [7, 11) is 0. The lowest BCUT2D eigenvalue weighted by atomic mass is 9.93. The molecule has 170 valence electrons. The lowest BCUT2D eigenvalue weighted by Gasteiger charge is -2.33.